The minimum absolute atomic E-state index is 0.190. The Labute approximate surface area is 207 Å². The van der Waals surface area contributed by atoms with Gasteiger partial charge >= 0.3 is 0 Å². The van der Waals surface area contributed by atoms with Gasteiger partial charge in [0.1, 0.15) is 18.1 Å². The molecule has 0 radical (unpaired) electrons. The zero-order valence-electron chi connectivity index (χ0n) is 19.9. The molecule has 34 heavy (non-hydrogen) atoms. The fraction of sp³-hybridized carbons (Fsp3) is 0.269. The van der Waals surface area contributed by atoms with E-state index in [-0.39, 0.29) is 18.2 Å². The number of carbonyl (C=O) groups excluding carboxylic acids is 1. The molecule has 0 fully saturated rings. The molecule has 0 unspecified atom stereocenters. The van der Waals surface area contributed by atoms with Crippen molar-refractivity contribution in [2.45, 2.75) is 47.8 Å². The second-order valence-electron chi connectivity index (χ2n) is 8.35. The number of aromatic nitrogens is 3. The molecule has 2 aromatic heterocycles. The lowest BCUT2D eigenvalue weighted by molar-refractivity contribution is 0.101. The lowest BCUT2D eigenvalue weighted by Gasteiger charge is -2.11. The summed E-state index contributed by atoms with van der Waals surface area (Å²) in [5.74, 6) is 0.984. The number of carbonyl (C=O) groups is 1. The average Bonchev–Trinajstić information content (AvgIpc) is 3.29. The Hall–Kier alpha value is -3.39. The third kappa shape index (κ3) is 4.92. The number of hydrogen-bond donors (Lipinski definition) is 1. The third-order valence-electron chi connectivity index (χ3n) is 5.94. The van der Waals surface area contributed by atoms with Crippen LogP contribution >= 0.6 is 15.9 Å². The topological polar surface area (TPSA) is 82.2 Å². The van der Waals surface area contributed by atoms with Crippen LogP contribution in [0.5, 0.6) is 5.75 Å². The Morgan fingerprint density at radius 2 is 1.88 bits per heavy atom. The molecule has 4 aromatic rings. The lowest BCUT2D eigenvalue weighted by Crippen LogP contribution is -2.16. The predicted molar refractivity (Wildman–Crippen MR) is 134 cm³/mol. The summed E-state index contributed by atoms with van der Waals surface area (Å²) in [7, 11) is 0. The number of halogens is 1. The highest BCUT2D eigenvalue weighted by Crippen LogP contribution is 2.25. The Balaban J connectivity index is 1.49. The Bertz CT molecular complexity index is 1360. The summed E-state index contributed by atoms with van der Waals surface area (Å²) in [4.78, 5) is 13.0. The maximum atomic E-state index is 13.0. The lowest BCUT2D eigenvalue weighted by atomic mass is 10.1. The average molecular weight is 523 g/mol. The maximum absolute atomic E-state index is 13.0. The van der Waals surface area contributed by atoms with E-state index in [0.29, 0.717) is 23.6 Å². The molecule has 0 aliphatic carbocycles. The maximum Gasteiger partial charge on any atom is 0.278 e. The molecule has 176 valence electrons. The molecule has 1 N–H and O–H groups in total. The van der Waals surface area contributed by atoms with Crippen molar-refractivity contribution in [1.29, 1.82) is 0 Å². The standard InChI is InChI=1S/C26H27BrN4O3/c1-15-8-6-11-23(16(15)2)33-14-22-19(5)34-30-25(22)26(32)28-21-10-7-9-20(12-21)13-31-18(4)24(27)17(3)29-31/h6-12H,13-14H2,1-5H3,(H,28,32). The molecule has 1 amide bonds. The number of nitrogens with zero attached hydrogens (tertiary/aromatic N) is 3. The second kappa shape index (κ2) is 9.85. The number of amides is 1. The van der Waals surface area contributed by atoms with Gasteiger partial charge in [-0.1, -0.05) is 29.4 Å². The van der Waals surface area contributed by atoms with Crippen molar-refractivity contribution in [2.75, 3.05) is 5.32 Å². The van der Waals surface area contributed by atoms with Gasteiger partial charge in [0.2, 0.25) is 0 Å². The number of ether oxygens (including phenoxy) is 1. The summed E-state index contributed by atoms with van der Waals surface area (Å²) in [5.41, 5.74) is 6.74. The van der Waals surface area contributed by atoms with Gasteiger partial charge in [0.15, 0.2) is 5.69 Å². The first-order valence-corrected chi connectivity index (χ1v) is 11.8. The summed E-state index contributed by atoms with van der Waals surface area (Å²) in [5, 5.41) is 11.5. The molecule has 4 rings (SSSR count). The molecule has 0 spiro atoms. The normalized spacial score (nSPS) is 11.0. The van der Waals surface area contributed by atoms with Crippen LogP contribution < -0.4 is 10.1 Å². The molecule has 0 bridgehead atoms. The van der Waals surface area contributed by atoms with E-state index in [1.165, 1.54) is 0 Å². The molecule has 2 heterocycles. The van der Waals surface area contributed by atoms with Crippen molar-refractivity contribution in [3.63, 3.8) is 0 Å². The number of aryl methyl sites for hydroxylation is 3. The van der Waals surface area contributed by atoms with Gasteiger partial charge in [0.05, 0.1) is 28.0 Å². The summed E-state index contributed by atoms with van der Waals surface area (Å²) >= 11 is 3.56. The first-order valence-electron chi connectivity index (χ1n) is 11.0. The Morgan fingerprint density at radius 1 is 1.12 bits per heavy atom. The largest absolute Gasteiger partial charge is 0.488 e. The molecule has 0 aliphatic rings. The summed E-state index contributed by atoms with van der Waals surface area (Å²) in [6.45, 7) is 10.6. The molecule has 0 atom stereocenters. The van der Waals surface area contributed by atoms with Crippen LogP contribution in [0, 0.1) is 34.6 Å². The molecular formula is C26H27BrN4O3. The fourth-order valence-corrected chi connectivity index (χ4v) is 3.99. The van der Waals surface area contributed by atoms with E-state index in [4.69, 9.17) is 9.26 Å². The van der Waals surface area contributed by atoms with E-state index in [2.05, 4.69) is 31.5 Å². The van der Waals surface area contributed by atoms with E-state index in [1.54, 1.807) is 6.92 Å². The first kappa shape index (κ1) is 23.8. The van der Waals surface area contributed by atoms with Crippen LogP contribution in [0.2, 0.25) is 0 Å². The molecular weight excluding hydrogens is 496 g/mol. The molecule has 0 saturated carbocycles. The highest BCUT2D eigenvalue weighted by molar-refractivity contribution is 9.10. The van der Waals surface area contributed by atoms with Crippen LogP contribution in [0.4, 0.5) is 5.69 Å². The summed E-state index contributed by atoms with van der Waals surface area (Å²) in [6, 6.07) is 13.6. The Morgan fingerprint density at radius 3 is 2.62 bits per heavy atom. The quantitative estimate of drug-likeness (QED) is 0.319. The number of anilines is 1. The molecule has 0 aliphatic heterocycles. The van der Waals surface area contributed by atoms with Crippen LogP contribution in [-0.4, -0.2) is 20.8 Å². The van der Waals surface area contributed by atoms with Crippen molar-refractivity contribution < 1.29 is 14.1 Å². The fourth-order valence-electron chi connectivity index (χ4n) is 3.71. The molecule has 2 aromatic carbocycles. The smallest absolute Gasteiger partial charge is 0.278 e. The predicted octanol–water partition coefficient (Wildman–Crippen LogP) is 6.06. The van der Waals surface area contributed by atoms with Crippen molar-refractivity contribution in [3.8, 4) is 5.75 Å². The summed E-state index contributed by atoms with van der Waals surface area (Å²) < 4.78 is 14.3. The zero-order valence-corrected chi connectivity index (χ0v) is 21.5. The molecule has 8 heteroatoms. The number of benzene rings is 2. The highest BCUT2D eigenvalue weighted by Gasteiger charge is 2.21. The minimum Gasteiger partial charge on any atom is -0.488 e. The number of nitrogens with one attached hydrogen (secondary N) is 1. The van der Waals surface area contributed by atoms with Crippen molar-refractivity contribution in [2.24, 2.45) is 0 Å². The molecule has 0 saturated heterocycles. The number of rotatable bonds is 7. The van der Waals surface area contributed by atoms with Gasteiger partial charge < -0.3 is 14.6 Å². The van der Waals surface area contributed by atoms with Gasteiger partial charge in [-0.3, -0.25) is 9.48 Å². The van der Waals surface area contributed by atoms with Crippen molar-refractivity contribution >= 4 is 27.5 Å². The van der Waals surface area contributed by atoms with Gasteiger partial charge in [0, 0.05) is 5.69 Å². The first-order chi connectivity index (χ1) is 16.2. The van der Waals surface area contributed by atoms with E-state index < -0.39 is 0 Å². The van der Waals surface area contributed by atoms with Crippen LogP contribution in [0.1, 0.15) is 49.9 Å². The van der Waals surface area contributed by atoms with Gasteiger partial charge in [-0.15, -0.1) is 0 Å². The van der Waals surface area contributed by atoms with Crippen molar-refractivity contribution in [1.82, 2.24) is 14.9 Å². The van der Waals surface area contributed by atoms with Crippen LogP contribution in [0.3, 0.4) is 0 Å². The summed E-state index contributed by atoms with van der Waals surface area (Å²) in [6.07, 6.45) is 0. The van der Waals surface area contributed by atoms with E-state index in [0.717, 1.165) is 38.3 Å². The van der Waals surface area contributed by atoms with E-state index in [9.17, 15) is 4.79 Å². The Kier molecular flexibility index (Phi) is 6.88. The van der Waals surface area contributed by atoms with Crippen molar-refractivity contribution in [3.05, 3.63) is 92.0 Å². The van der Waals surface area contributed by atoms with Gasteiger partial charge in [-0.05, 0) is 85.4 Å². The van der Waals surface area contributed by atoms with E-state index in [1.807, 2.05) is 74.8 Å². The van der Waals surface area contributed by atoms with Crippen LogP contribution in [0.25, 0.3) is 0 Å². The zero-order chi connectivity index (χ0) is 24.4. The minimum atomic E-state index is -0.345. The van der Waals surface area contributed by atoms with Gasteiger partial charge in [0.25, 0.3) is 5.91 Å². The molecule has 7 nitrogen and oxygen atoms in total. The van der Waals surface area contributed by atoms with Crippen LogP contribution in [-0.2, 0) is 13.2 Å². The second-order valence-corrected chi connectivity index (χ2v) is 9.14. The SMILES string of the molecule is Cc1cccc(OCc2c(C(=O)Nc3cccc(Cn4nc(C)c(Br)c4C)c3)noc2C)c1C. The third-order valence-corrected chi connectivity index (χ3v) is 7.08. The highest BCUT2D eigenvalue weighted by atomic mass is 79.9. The van der Waals surface area contributed by atoms with Gasteiger partial charge in [-0.25, -0.2) is 0 Å². The number of hydrogen-bond acceptors (Lipinski definition) is 5. The van der Waals surface area contributed by atoms with Gasteiger partial charge in [-0.2, -0.15) is 5.10 Å². The van der Waals surface area contributed by atoms with E-state index >= 15 is 0 Å². The van der Waals surface area contributed by atoms with Crippen LogP contribution in [0.15, 0.2) is 51.5 Å². The monoisotopic (exact) mass is 522 g/mol.